The summed E-state index contributed by atoms with van der Waals surface area (Å²) in [4.78, 5) is 30.9. The summed E-state index contributed by atoms with van der Waals surface area (Å²) in [6.45, 7) is 4.00. The predicted octanol–water partition coefficient (Wildman–Crippen LogP) is 3.76. The molecule has 0 N–H and O–H groups in total. The summed E-state index contributed by atoms with van der Waals surface area (Å²) >= 11 is 0. The van der Waals surface area contributed by atoms with Gasteiger partial charge >= 0.3 is 5.97 Å². The van der Waals surface area contributed by atoms with Crippen LogP contribution in [0.1, 0.15) is 41.3 Å². The normalized spacial score (nSPS) is 21.6. The van der Waals surface area contributed by atoms with Gasteiger partial charge in [-0.25, -0.2) is 0 Å². The maximum absolute atomic E-state index is 13.3. The van der Waals surface area contributed by atoms with Crippen LogP contribution in [-0.4, -0.2) is 30.9 Å². The van der Waals surface area contributed by atoms with Crippen LogP contribution in [0, 0.1) is 5.92 Å². The molecule has 146 valence electrons. The summed E-state index contributed by atoms with van der Waals surface area (Å²) in [5, 5.41) is 0. The van der Waals surface area contributed by atoms with E-state index in [9.17, 15) is 9.59 Å². The second kappa shape index (κ2) is 6.58. The maximum Gasteiger partial charge on any atom is 0.315 e. The third-order valence-electron chi connectivity index (χ3n) is 5.61. The van der Waals surface area contributed by atoms with Gasteiger partial charge in [0, 0.05) is 28.3 Å². The van der Waals surface area contributed by atoms with E-state index >= 15 is 0 Å². The number of allylic oxidation sites excluding steroid dienone is 1. The lowest BCUT2D eigenvalue weighted by Gasteiger charge is -2.30. The van der Waals surface area contributed by atoms with Crippen LogP contribution < -0.4 is 9.47 Å². The van der Waals surface area contributed by atoms with Crippen molar-refractivity contribution in [3.05, 3.63) is 64.7 Å². The van der Waals surface area contributed by atoms with Crippen LogP contribution in [0.4, 0.5) is 0 Å². The molecule has 3 aliphatic rings. The molecule has 0 radical (unpaired) electrons. The number of esters is 1. The van der Waals surface area contributed by atoms with Gasteiger partial charge in [-0.15, -0.1) is 0 Å². The molecule has 2 aromatic rings. The Morgan fingerprint density at radius 1 is 1.14 bits per heavy atom. The molecule has 2 atom stereocenters. The first kappa shape index (κ1) is 17.7. The summed E-state index contributed by atoms with van der Waals surface area (Å²) in [7, 11) is 0. The molecule has 0 fully saturated rings. The summed E-state index contributed by atoms with van der Waals surface area (Å²) in [6, 6.07) is 13.0. The number of carbonyl (C=O) groups excluding carboxylic acids is 2. The zero-order valence-corrected chi connectivity index (χ0v) is 16.1. The van der Waals surface area contributed by atoms with Crippen LogP contribution >= 0.6 is 0 Å². The van der Waals surface area contributed by atoms with Crippen molar-refractivity contribution in [3.63, 3.8) is 0 Å². The van der Waals surface area contributed by atoms with Crippen molar-refractivity contribution in [2.75, 3.05) is 13.4 Å². The third kappa shape index (κ3) is 2.59. The maximum atomic E-state index is 13.3. The number of aliphatic imine (C=N–C) groups is 1. The van der Waals surface area contributed by atoms with Gasteiger partial charge in [0.15, 0.2) is 17.3 Å². The molecule has 5 rings (SSSR count). The zero-order chi connectivity index (χ0) is 20.1. The number of benzene rings is 2. The number of Topliss-reactive ketones (excluding diaryl/α,β-unsaturated/α-hetero) is 1. The van der Waals surface area contributed by atoms with E-state index in [0.29, 0.717) is 34.0 Å². The highest BCUT2D eigenvalue weighted by Gasteiger charge is 2.46. The van der Waals surface area contributed by atoms with Gasteiger partial charge in [-0.2, -0.15) is 0 Å². The van der Waals surface area contributed by atoms with Crippen LogP contribution in [0.25, 0.3) is 5.70 Å². The number of ether oxygens (including phenoxy) is 3. The van der Waals surface area contributed by atoms with Gasteiger partial charge in [0.05, 0.1) is 12.3 Å². The summed E-state index contributed by atoms with van der Waals surface area (Å²) in [6.07, 6.45) is 0. The van der Waals surface area contributed by atoms with E-state index in [1.54, 1.807) is 13.0 Å². The molecule has 1 aliphatic carbocycles. The number of rotatable bonds is 3. The van der Waals surface area contributed by atoms with Gasteiger partial charge in [0.25, 0.3) is 0 Å². The Morgan fingerprint density at radius 2 is 1.90 bits per heavy atom. The van der Waals surface area contributed by atoms with Crippen molar-refractivity contribution in [1.29, 1.82) is 0 Å². The molecule has 29 heavy (non-hydrogen) atoms. The molecule has 0 saturated carbocycles. The zero-order valence-electron chi connectivity index (χ0n) is 16.1. The molecule has 0 amide bonds. The van der Waals surface area contributed by atoms with Crippen molar-refractivity contribution < 1.29 is 23.8 Å². The largest absolute Gasteiger partial charge is 0.465 e. The Hall–Kier alpha value is -3.41. The van der Waals surface area contributed by atoms with Crippen LogP contribution in [-0.2, 0) is 9.53 Å². The molecule has 0 saturated heterocycles. The lowest BCUT2D eigenvalue weighted by Crippen LogP contribution is -2.35. The third-order valence-corrected chi connectivity index (χ3v) is 5.61. The van der Waals surface area contributed by atoms with Gasteiger partial charge in [-0.05, 0) is 31.5 Å². The summed E-state index contributed by atoms with van der Waals surface area (Å²) in [5.74, 6) is -0.396. The monoisotopic (exact) mass is 389 g/mol. The van der Waals surface area contributed by atoms with E-state index in [1.807, 2.05) is 43.3 Å². The number of hydrogen-bond donors (Lipinski definition) is 0. The second-order valence-electron chi connectivity index (χ2n) is 7.21. The molecular weight excluding hydrogens is 370 g/mol. The highest BCUT2D eigenvalue weighted by molar-refractivity contribution is 6.24. The lowest BCUT2D eigenvalue weighted by atomic mass is 9.75. The molecule has 0 aromatic heterocycles. The molecule has 2 heterocycles. The van der Waals surface area contributed by atoms with Crippen molar-refractivity contribution in [1.82, 2.24) is 0 Å². The highest BCUT2D eigenvalue weighted by atomic mass is 16.7. The molecule has 1 unspecified atom stereocenters. The van der Waals surface area contributed by atoms with Crippen molar-refractivity contribution in [3.8, 4) is 11.5 Å². The average molecular weight is 389 g/mol. The summed E-state index contributed by atoms with van der Waals surface area (Å²) < 4.78 is 16.3. The Kier molecular flexibility index (Phi) is 4.01. The number of fused-ring (bicyclic) bond motifs is 3. The Morgan fingerprint density at radius 3 is 2.69 bits per heavy atom. The van der Waals surface area contributed by atoms with E-state index in [2.05, 4.69) is 4.99 Å². The first-order valence-corrected chi connectivity index (χ1v) is 9.59. The Labute approximate surface area is 167 Å². The van der Waals surface area contributed by atoms with Gasteiger partial charge in [0.2, 0.25) is 6.79 Å². The minimum Gasteiger partial charge on any atom is -0.465 e. The first-order valence-electron chi connectivity index (χ1n) is 9.59. The topological polar surface area (TPSA) is 74.2 Å². The first-order chi connectivity index (χ1) is 14.1. The molecule has 0 spiro atoms. The van der Waals surface area contributed by atoms with Gasteiger partial charge in [-0.1, -0.05) is 30.3 Å². The van der Waals surface area contributed by atoms with E-state index in [4.69, 9.17) is 14.2 Å². The fraction of sp³-hybridized carbons (Fsp3) is 0.261. The molecule has 0 bridgehead atoms. The fourth-order valence-electron chi connectivity index (χ4n) is 4.35. The van der Waals surface area contributed by atoms with Crippen LogP contribution in [0.5, 0.6) is 11.5 Å². The van der Waals surface area contributed by atoms with Gasteiger partial charge in [0.1, 0.15) is 5.92 Å². The highest BCUT2D eigenvalue weighted by Crippen LogP contribution is 2.49. The van der Waals surface area contributed by atoms with E-state index in [0.717, 1.165) is 11.1 Å². The van der Waals surface area contributed by atoms with Crippen molar-refractivity contribution in [2.24, 2.45) is 10.9 Å². The molecule has 6 heteroatoms. The van der Waals surface area contributed by atoms with Crippen LogP contribution in [0.2, 0.25) is 0 Å². The average Bonchev–Trinajstić information content (AvgIpc) is 3.30. The number of ketones is 1. The minimum absolute atomic E-state index is 0.0937. The van der Waals surface area contributed by atoms with E-state index in [1.165, 1.54) is 0 Å². The Balaban J connectivity index is 1.70. The van der Waals surface area contributed by atoms with Crippen LogP contribution in [0.15, 0.2) is 53.0 Å². The predicted molar refractivity (Wildman–Crippen MR) is 106 cm³/mol. The van der Waals surface area contributed by atoms with Gasteiger partial charge in [-0.3, -0.25) is 14.6 Å². The SMILES string of the molecule is CCOC(=O)C1C(C)=NC2=C(C(=O)c3ccccc32)[C@@H]1c1ccc2c(c1)OCO2. The van der Waals surface area contributed by atoms with Crippen molar-refractivity contribution in [2.45, 2.75) is 19.8 Å². The quantitative estimate of drug-likeness (QED) is 0.748. The lowest BCUT2D eigenvalue weighted by molar-refractivity contribution is -0.146. The Bertz CT molecular complexity index is 1110. The number of hydrogen-bond acceptors (Lipinski definition) is 6. The molecule has 2 aromatic carbocycles. The number of carbonyl (C=O) groups is 2. The second-order valence-corrected chi connectivity index (χ2v) is 7.21. The molecule has 6 nitrogen and oxygen atoms in total. The van der Waals surface area contributed by atoms with E-state index < -0.39 is 11.8 Å². The molecular formula is C23H19NO5. The van der Waals surface area contributed by atoms with Gasteiger partial charge < -0.3 is 14.2 Å². The summed E-state index contributed by atoms with van der Waals surface area (Å²) in [5.41, 5.74) is 4.04. The minimum atomic E-state index is -0.674. The van der Waals surface area contributed by atoms with Crippen molar-refractivity contribution >= 4 is 23.2 Å². The van der Waals surface area contributed by atoms with E-state index in [-0.39, 0.29) is 25.2 Å². The standard InChI is InChI=1S/C23H19NO5/c1-3-27-23(26)18-12(2)24-21-14-6-4-5-7-15(14)22(25)20(21)19(18)13-8-9-16-17(10-13)29-11-28-16/h4-10,18-19H,3,11H2,1-2H3/t18?,19-/m1/s1. The molecule has 2 aliphatic heterocycles. The fourth-order valence-corrected chi connectivity index (χ4v) is 4.35. The number of nitrogens with zero attached hydrogens (tertiary/aromatic N) is 1. The van der Waals surface area contributed by atoms with Crippen LogP contribution in [0.3, 0.4) is 0 Å². The smallest absolute Gasteiger partial charge is 0.315 e.